The van der Waals surface area contributed by atoms with Gasteiger partial charge in [0.05, 0.1) is 5.52 Å². The van der Waals surface area contributed by atoms with Gasteiger partial charge >= 0.3 is 0 Å². The molecule has 0 aliphatic carbocycles. The second kappa shape index (κ2) is 8.22. The summed E-state index contributed by atoms with van der Waals surface area (Å²) in [5.41, 5.74) is 3.05. The van der Waals surface area contributed by atoms with Crippen molar-refractivity contribution in [3.05, 3.63) is 90.2 Å². The first kappa shape index (κ1) is 20.3. The minimum Gasteiger partial charge on any atom is -0.338 e. The molecule has 0 radical (unpaired) electrons. The number of fused-ring (bicyclic) bond motifs is 3. The molecule has 1 fully saturated rings. The first-order valence-electron chi connectivity index (χ1n) is 11.2. The van der Waals surface area contributed by atoms with E-state index in [0.717, 1.165) is 33.9 Å². The number of benzene rings is 3. The van der Waals surface area contributed by atoms with Crippen LogP contribution in [0.15, 0.2) is 78.9 Å². The summed E-state index contributed by atoms with van der Waals surface area (Å²) in [7, 11) is 0. The summed E-state index contributed by atoms with van der Waals surface area (Å²) in [6.07, 6.45) is 0. The van der Waals surface area contributed by atoms with E-state index in [1.807, 2.05) is 59.0 Å². The quantitative estimate of drug-likeness (QED) is 0.413. The Hall–Kier alpha value is -4.33. The molecule has 3 heterocycles. The van der Waals surface area contributed by atoms with Crippen LogP contribution in [0, 0.1) is 5.82 Å². The lowest BCUT2D eigenvalue weighted by Crippen LogP contribution is -2.49. The van der Waals surface area contributed by atoms with Crippen LogP contribution in [-0.2, 0) is 0 Å². The van der Waals surface area contributed by atoms with Crippen LogP contribution in [0.25, 0.3) is 27.9 Å². The van der Waals surface area contributed by atoms with E-state index < -0.39 is 0 Å². The Labute approximate surface area is 195 Å². The molecule has 0 N–H and O–H groups in total. The highest BCUT2D eigenvalue weighted by molar-refractivity contribution is 5.95. The predicted molar refractivity (Wildman–Crippen MR) is 128 cm³/mol. The molecule has 168 valence electrons. The molecule has 8 heteroatoms. The van der Waals surface area contributed by atoms with Crippen LogP contribution >= 0.6 is 0 Å². The number of anilines is 1. The average Bonchev–Trinajstić information content (AvgIpc) is 3.35. The molecule has 6 rings (SSSR count). The first-order chi connectivity index (χ1) is 16.7. The van der Waals surface area contributed by atoms with Gasteiger partial charge in [-0.3, -0.25) is 4.79 Å². The lowest BCUT2D eigenvalue weighted by Gasteiger charge is -2.35. The summed E-state index contributed by atoms with van der Waals surface area (Å²) in [5.74, 6) is 1.04. The molecule has 7 nitrogen and oxygen atoms in total. The molecule has 1 amide bonds. The standard InChI is InChI=1S/C26H21FN6O/c27-20-12-10-19(11-13-20)25(34)31-14-16-32(17-15-31)26-28-22-9-5-4-8-21(22)24-30-29-23(33(24)26)18-6-2-1-3-7-18/h1-13H,14-17H2. The van der Waals surface area contributed by atoms with Crippen molar-refractivity contribution >= 4 is 28.4 Å². The molecule has 3 aromatic carbocycles. The lowest BCUT2D eigenvalue weighted by molar-refractivity contribution is 0.0746. The van der Waals surface area contributed by atoms with Gasteiger partial charge in [0.2, 0.25) is 5.95 Å². The Balaban J connectivity index is 1.37. The van der Waals surface area contributed by atoms with Crippen molar-refractivity contribution in [1.29, 1.82) is 0 Å². The highest BCUT2D eigenvalue weighted by Crippen LogP contribution is 2.29. The van der Waals surface area contributed by atoms with E-state index in [2.05, 4.69) is 15.1 Å². The van der Waals surface area contributed by atoms with Crippen LogP contribution in [-0.4, -0.2) is 56.6 Å². The predicted octanol–water partition coefficient (Wildman–Crippen LogP) is 4.05. The number of rotatable bonds is 3. The Morgan fingerprint density at radius 1 is 0.794 bits per heavy atom. The molecule has 2 aromatic heterocycles. The highest BCUT2D eigenvalue weighted by atomic mass is 19.1. The van der Waals surface area contributed by atoms with Gasteiger partial charge in [-0.2, -0.15) is 0 Å². The zero-order valence-corrected chi connectivity index (χ0v) is 18.3. The van der Waals surface area contributed by atoms with E-state index in [1.165, 1.54) is 24.3 Å². The van der Waals surface area contributed by atoms with Gasteiger partial charge in [-0.1, -0.05) is 42.5 Å². The van der Waals surface area contributed by atoms with Crippen molar-refractivity contribution in [3.8, 4) is 11.4 Å². The van der Waals surface area contributed by atoms with E-state index >= 15 is 0 Å². The van der Waals surface area contributed by atoms with Crippen molar-refractivity contribution in [3.63, 3.8) is 0 Å². The number of hydrogen-bond donors (Lipinski definition) is 0. The number of piperazine rings is 1. The number of para-hydroxylation sites is 1. The number of amides is 1. The van der Waals surface area contributed by atoms with Gasteiger partial charge in [-0.05, 0) is 36.4 Å². The van der Waals surface area contributed by atoms with Crippen LogP contribution in [0.5, 0.6) is 0 Å². The first-order valence-corrected chi connectivity index (χ1v) is 11.2. The van der Waals surface area contributed by atoms with Gasteiger partial charge in [0, 0.05) is 42.7 Å². The van der Waals surface area contributed by atoms with Crippen molar-refractivity contribution in [2.45, 2.75) is 0 Å². The number of halogens is 1. The normalized spacial score (nSPS) is 14.1. The summed E-state index contributed by atoms with van der Waals surface area (Å²) in [4.78, 5) is 21.8. The second-order valence-electron chi connectivity index (χ2n) is 8.26. The van der Waals surface area contributed by atoms with Crippen molar-refractivity contribution in [1.82, 2.24) is 24.5 Å². The summed E-state index contributed by atoms with van der Waals surface area (Å²) in [5, 5.41) is 9.97. The number of carbonyl (C=O) groups is 1. The summed E-state index contributed by atoms with van der Waals surface area (Å²) in [6.45, 7) is 2.30. The fraction of sp³-hybridized carbons (Fsp3) is 0.154. The molecule has 5 aromatic rings. The van der Waals surface area contributed by atoms with Crippen LogP contribution < -0.4 is 4.90 Å². The number of carbonyl (C=O) groups excluding carboxylic acids is 1. The van der Waals surface area contributed by atoms with Crippen molar-refractivity contribution < 1.29 is 9.18 Å². The van der Waals surface area contributed by atoms with E-state index in [1.54, 1.807) is 4.90 Å². The van der Waals surface area contributed by atoms with Crippen LogP contribution in [0.3, 0.4) is 0 Å². The van der Waals surface area contributed by atoms with E-state index in [9.17, 15) is 9.18 Å². The molecule has 0 saturated carbocycles. The van der Waals surface area contributed by atoms with Gasteiger partial charge in [0.15, 0.2) is 11.5 Å². The SMILES string of the molecule is O=C(c1ccc(F)cc1)N1CCN(c2nc3ccccc3c3nnc(-c4ccccc4)n23)CC1. The van der Waals surface area contributed by atoms with Crippen LogP contribution in [0.1, 0.15) is 10.4 Å². The summed E-state index contributed by atoms with van der Waals surface area (Å²) in [6, 6.07) is 23.5. The molecule has 1 saturated heterocycles. The van der Waals surface area contributed by atoms with Crippen molar-refractivity contribution in [2.75, 3.05) is 31.1 Å². The van der Waals surface area contributed by atoms with Crippen molar-refractivity contribution in [2.24, 2.45) is 0 Å². The van der Waals surface area contributed by atoms with Gasteiger partial charge in [0.1, 0.15) is 5.82 Å². The van der Waals surface area contributed by atoms with Crippen LogP contribution in [0.4, 0.5) is 10.3 Å². The lowest BCUT2D eigenvalue weighted by atomic mass is 10.1. The minimum absolute atomic E-state index is 0.0921. The van der Waals surface area contributed by atoms with E-state index in [4.69, 9.17) is 4.98 Å². The third-order valence-electron chi connectivity index (χ3n) is 6.20. The molecule has 1 aliphatic heterocycles. The maximum Gasteiger partial charge on any atom is 0.253 e. The zero-order chi connectivity index (χ0) is 23.1. The second-order valence-corrected chi connectivity index (χ2v) is 8.26. The molecule has 0 unspecified atom stereocenters. The number of nitrogens with zero attached hydrogens (tertiary/aromatic N) is 6. The molecule has 34 heavy (non-hydrogen) atoms. The van der Waals surface area contributed by atoms with Gasteiger partial charge in [-0.15, -0.1) is 10.2 Å². The molecule has 1 aliphatic rings. The largest absolute Gasteiger partial charge is 0.338 e. The van der Waals surface area contributed by atoms with Gasteiger partial charge in [0.25, 0.3) is 5.91 Å². The zero-order valence-electron chi connectivity index (χ0n) is 18.3. The Morgan fingerprint density at radius 3 is 2.26 bits per heavy atom. The molecule has 0 spiro atoms. The molecular weight excluding hydrogens is 431 g/mol. The smallest absolute Gasteiger partial charge is 0.253 e. The fourth-order valence-electron chi connectivity index (χ4n) is 4.44. The summed E-state index contributed by atoms with van der Waals surface area (Å²) >= 11 is 0. The van der Waals surface area contributed by atoms with E-state index in [0.29, 0.717) is 31.7 Å². The number of aromatic nitrogens is 4. The topological polar surface area (TPSA) is 66.6 Å². The molecular formula is C26H21FN6O. The van der Waals surface area contributed by atoms with Crippen LogP contribution in [0.2, 0.25) is 0 Å². The minimum atomic E-state index is -0.351. The van der Waals surface area contributed by atoms with E-state index in [-0.39, 0.29) is 11.7 Å². The fourth-order valence-corrected chi connectivity index (χ4v) is 4.44. The Bertz CT molecular complexity index is 1490. The Morgan fingerprint density at radius 2 is 1.50 bits per heavy atom. The maximum atomic E-state index is 13.2. The highest BCUT2D eigenvalue weighted by Gasteiger charge is 2.26. The van der Waals surface area contributed by atoms with Gasteiger partial charge < -0.3 is 9.80 Å². The van der Waals surface area contributed by atoms with Gasteiger partial charge in [-0.25, -0.2) is 13.8 Å². The molecule has 0 atom stereocenters. The maximum absolute atomic E-state index is 13.2. The molecule has 0 bridgehead atoms. The number of hydrogen-bond acceptors (Lipinski definition) is 5. The third-order valence-corrected chi connectivity index (χ3v) is 6.20. The Kier molecular flexibility index (Phi) is 4.91. The summed E-state index contributed by atoms with van der Waals surface area (Å²) < 4.78 is 15.3. The third kappa shape index (κ3) is 3.44. The monoisotopic (exact) mass is 452 g/mol. The average molecular weight is 452 g/mol.